The number of fused-ring (bicyclic) bond motifs is 2. The average molecular weight is 360 g/mol. The van der Waals surface area contributed by atoms with Gasteiger partial charge in [0.15, 0.2) is 0 Å². The maximum atomic E-state index is 6.64. The first kappa shape index (κ1) is 17.1. The van der Waals surface area contributed by atoms with E-state index in [1.165, 1.54) is 32.8 Å². The zero-order chi connectivity index (χ0) is 18.3. The third-order valence-electron chi connectivity index (χ3n) is 5.14. The standard InChI is InChI=1S/C24H22ClN/c1-4-16-9-18(10-17-7-5-6-8-20(16)17)19-11-21-22(15(2)3)13-26-14-23(21)24(25)12-19/h5-15H,4H2,1-3H3. The van der Waals surface area contributed by atoms with Gasteiger partial charge in [-0.15, -0.1) is 0 Å². The van der Waals surface area contributed by atoms with Crippen molar-refractivity contribution in [2.45, 2.75) is 33.1 Å². The zero-order valence-corrected chi connectivity index (χ0v) is 16.1. The highest BCUT2D eigenvalue weighted by molar-refractivity contribution is 6.36. The molecule has 0 atom stereocenters. The highest BCUT2D eigenvalue weighted by Gasteiger charge is 2.12. The molecule has 4 aromatic rings. The molecular weight excluding hydrogens is 338 g/mol. The SMILES string of the molecule is CCc1cc(-c2cc(Cl)c3cncc(C(C)C)c3c2)cc2ccccc12. The maximum absolute atomic E-state index is 6.64. The lowest BCUT2D eigenvalue weighted by Crippen LogP contribution is -1.93. The van der Waals surface area contributed by atoms with Crippen molar-refractivity contribution in [2.75, 3.05) is 0 Å². The van der Waals surface area contributed by atoms with Crippen LogP contribution in [0.1, 0.15) is 37.8 Å². The predicted octanol–water partition coefficient (Wildman–Crippen LogP) is 7.39. The van der Waals surface area contributed by atoms with E-state index in [1.54, 1.807) is 0 Å². The summed E-state index contributed by atoms with van der Waals surface area (Å²) < 4.78 is 0. The number of hydrogen-bond acceptors (Lipinski definition) is 1. The molecule has 1 heterocycles. The van der Waals surface area contributed by atoms with Crippen LogP contribution in [0.25, 0.3) is 32.7 Å². The largest absolute Gasteiger partial charge is 0.264 e. The molecule has 0 aliphatic rings. The van der Waals surface area contributed by atoms with E-state index in [2.05, 4.69) is 74.3 Å². The van der Waals surface area contributed by atoms with E-state index in [1.807, 2.05) is 12.4 Å². The molecule has 0 aliphatic carbocycles. The highest BCUT2D eigenvalue weighted by atomic mass is 35.5. The quantitative estimate of drug-likeness (QED) is 0.371. The lowest BCUT2D eigenvalue weighted by molar-refractivity contribution is 0.869. The average Bonchev–Trinajstić information content (AvgIpc) is 2.66. The Kier molecular flexibility index (Phi) is 4.42. The summed E-state index contributed by atoms with van der Waals surface area (Å²) in [4.78, 5) is 4.38. The maximum Gasteiger partial charge on any atom is 0.0506 e. The van der Waals surface area contributed by atoms with Crippen LogP contribution in [0.3, 0.4) is 0 Å². The third kappa shape index (κ3) is 2.87. The van der Waals surface area contributed by atoms with E-state index in [-0.39, 0.29) is 0 Å². The molecule has 0 saturated heterocycles. The van der Waals surface area contributed by atoms with Gasteiger partial charge in [-0.1, -0.05) is 62.7 Å². The fourth-order valence-corrected chi connectivity index (χ4v) is 3.99. The number of hydrogen-bond donors (Lipinski definition) is 0. The van der Waals surface area contributed by atoms with Crippen LogP contribution in [-0.4, -0.2) is 4.98 Å². The summed E-state index contributed by atoms with van der Waals surface area (Å²) in [5.41, 5.74) is 4.99. The van der Waals surface area contributed by atoms with Crippen LogP contribution in [0.2, 0.25) is 5.02 Å². The van der Waals surface area contributed by atoms with Gasteiger partial charge in [-0.2, -0.15) is 0 Å². The second-order valence-electron chi connectivity index (χ2n) is 7.15. The van der Waals surface area contributed by atoms with Gasteiger partial charge in [0, 0.05) is 17.8 Å². The normalized spacial score (nSPS) is 11.6. The molecule has 0 unspecified atom stereocenters. The van der Waals surface area contributed by atoms with E-state index in [0.717, 1.165) is 22.4 Å². The van der Waals surface area contributed by atoms with Crippen LogP contribution in [0.4, 0.5) is 0 Å². The number of pyridine rings is 1. The zero-order valence-electron chi connectivity index (χ0n) is 15.4. The monoisotopic (exact) mass is 359 g/mol. The summed E-state index contributed by atoms with van der Waals surface area (Å²) in [5, 5.41) is 5.59. The number of halogens is 1. The van der Waals surface area contributed by atoms with E-state index < -0.39 is 0 Å². The minimum absolute atomic E-state index is 0.403. The van der Waals surface area contributed by atoms with Crippen LogP contribution in [0.5, 0.6) is 0 Å². The Hall–Kier alpha value is -2.38. The van der Waals surface area contributed by atoms with Crippen molar-refractivity contribution in [3.05, 3.63) is 77.1 Å². The fourth-order valence-electron chi connectivity index (χ4n) is 3.73. The summed E-state index contributed by atoms with van der Waals surface area (Å²) in [7, 11) is 0. The van der Waals surface area contributed by atoms with E-state index in [9.17, 15) is 0 Å². The number of nitrogens with zero attached hydrogens (tertiary/aromatic N) is 1. The van der Waals surface area contributed by atoms with Crippen molar-refractivity contribution in [2.24, 2.45) is 0 Å². The van der Waals surface area contributed by atoms with Gasteiger partial charge < -0.3 is 0 Å². The topological polar surface area (TPSA) is 12.9 Å². The summed E-state index contributed by atoms with van der Waals surface area (Å²) in [6, 6.07) is 17.5. The Balaban J connectivity index is 2.00. The molecule has 4 rings (SSSR count). The van der Waals surface area contributed by atoms with Gasteiger partial charge in [0.05, 0.1) is 5.02 Å². The summed E-state index contributed by atoms with van der Waals surface area (Å²) in [6.45, 7) is 6.60. The van der Waals surface area contributed by atoms with E-state index in [0.29, 0.717) is 5.92 Å². The van der Waals surface area contributed by atoms with Crippen LogP contribution >= 0.6 is 11.6 Å². The molecule has 0 saturated carbocycles. The predicted molar refractivity (Wildman–Crippen MR) is 113 cm³/mol. The smallest absolute Gasteiger partial charge is 0.0506 e. The summed E-state index contributed by atoms with van der Waals surface area (Å²) >= 11 is 6.64. The molecule has 1 aromatic heterocycles. The minimum Gasteiger partial charge on any atom is -0.264 e. The molecule has 0 bridgehead atoms. The van der Waals surface area contributed by atoms with Gasteiger partial charge >= 0.3 is 0 Å². The second-order valence-corrected chi connectivity index (χ2v) is 7.55. The van der Waals surface area contributed by atoms with Crippen molar-refractivity contribution in [3.63, 3.8) is 0 Å². The molecule has 0 spiro atoms. The van der Waals surface area contributed by atoms with Gasteiger partial charge in [-0.25, -0.2) is 0 Å². The van der Waals surface area contributed by atoms with Crippen molar-refractivity contribution in [1.82, 2.24) is 4.98 Å². The van der Waals surface area contributed by atoms with Crippen molar-refractivity contribution < 1.29 is 0 Å². The Bertz CT molecular complexity index is 1110. The lowest BCUT2D eigenvalue weighted by atomic mass is 9.92. The molecule has 0 N–H and O–H groups in total. The molecular formula is C24H22ClN. The van der Waals surface area contributed by atoms with Gasteiger partial charge in [0.2, 0.25) is 0 Å². The summed E-state index contributed by atoms with van der Waals surface area (Å²) in [6.07, 6.45) is 4.84. The number of benzene rings is 3. The molecule has 130 valence electrons. The summed E-state index contributed by atoms with van der Waals surface area (Å²) in [5.74, 6) is 0.403. The molecule has 0 radical (unpaired) electrons. The second kappa shape index (κ2) is 6.74. The van der Waals surface area contributed by atoms with Crippen molar-refractivity contribution in [1.29, 1.82) is 0 Å². The number of rotatable bonds is 3. The van der Waals surface area contributed by atoms with Crippen LogP contribution in [0, 0.1) is 0 Å². The first-order chi connectivity index (χ1) is 12.6. The number of aromatic nitrogens is 1. The van der Waals surface area contributed by atoms with Gasteiger partial charge in [-0.3, -0.25) is 4.98 Å². The van der Waals surface area contributed by atoms with E-state index >= 15 is 0 Å². The Morgan fingerprint density at radius 1 is 0.885 bits per heavy atom. The third-order valence-corrected chi connectivity index (χ3v) is 5.45. The molecule has 1 nitrogen and oxygen atoms in total. The fraction of sp³-hybridized carbons (Fsp3) is 0.208. The lowest BCUT2D eigenvalue weighted by Gasteiger charge is -2.14. The Morgan fingerprint density at radius 2 is 1.65 bits per heavy atom. The van der Waals surface area contributed by atoms with Gasteiger partial charge in [-0.05, 0) is 69.0 Å². The first-order valence-corrected chi connectivity index (χ1v) is 9.55. The Morgan fingerprint density at radius 3 is 2.42 bits per heavy atom. The van der Waals surface area contributed by atoms with Crippen LogP contribution in [-0.2, 0) is 6.42 Å². The van der Waals surface area contributed by atoms with Crippen LogP contribution < -0.4 is 0 Å². The molecule has 0 aliphatic heterocycles. The number of aryl methyl sites for hydroxylation is 1. The molecule has 0 amide bonds. The first-order valence-electron chi connectivity index (χ1n) is 9.17. The molecule has 2 heteroatoms. The highest BCUT2D eigenvalue weighted by Crippen LogP contribution is 2.36. The van der Waals surface area contributed by atoms with Crippen LogP contribution in [0.15, 0.2) is 60.9 Å². The van der Waals surface area contributed by atoms with Crippen molar-refractivity contribution in [3.8, 4) is 11.1 Å². The van der Waals surface area contributed by atoms with Gasteiger partial charge in [0.25, 0.3) is 0 Å². The molecule has 0 fully saturated rings. The van der Waals surface area contributed by atoms with Gasteiger partial charge in [0.1, 0.15) is 0 Å². The molecule has 3 aromatic carbocycles. The minimum atomic E-state index is 0.403. The van der Waals surface area contributed by atoms with Crippen molar-refractivity contribution >= 4 is 33.1 Å². The molecule has 26 heavy (non-hydrogen) atoms. The van der Waals surface area contributed by atoms with E-state index in [4.69, 9.17) is 11.6 Å². The Labute approximate surface area is 159 Å².